The zero-order valence-electron chi connectivity index (χ0n) is 10.1. The van der Waals surface area contributed by atoms with E-state index in [1.807, 2.05) is 6.07 Å². The molecule has 0 N–H and O–H groups in total. The van der Waals surface area contributed by atoms with Crippen LogP contribution in [0.25, 0.3) is 0 Å². The van der Waals surface area contributed by atoms with Gasteiger partial charge in [0, 0.05) is 6.04 Å². The Hall–Kier alpha value is -0.800. The second-order valence-electron chi connectivity index (χ2n) is 4.75. The third-order valence-electron chi connectivity index (χ3n) is 3.46. The van der Waals surface area contributed by atoms with Crippen LogP contribution in [0.15, 0.2) is 16.5 Å². The second kappa shape index (κ2) is 5.69. The highest BCUT2D eigenvalue weighted by atomic mass is 35.5. The van der Waals surface area contributed by atoms with Gasteiger partial charge in [-0.3, -0.25) is 9.69 Å². The Morgan fingerprint density at radius 3 is 2.71 bits per heavy atom. The lowest BCUT2D eigenvalue weighted by Crippen LogP contribution is -2.32. The highest BCUT2D eigenvalue weighted by Gasteiger charge is 2.19. The molecule has 0 aromatic carbocycles. The summed E-state index contributed by atoms with van der Waals surface area (Å²) in [7, 11) is 2.11. The van der Waals surface area contributed by atoms with Crippen LogP contribution in [0.5, 0.6) is 0 Å². The van der Waals surface area contributed by atoms with E-state index in [1.54, 1.807) is 6.07 Å². The molecule has 0 spiro atoms. The normalized spacial score (nSPS) is 17.6. The maximum Gasteiger partial charge on any atom is 0.287 e. The molecule has 1 aromatic heterocycles. The van der Waals surface area contributed by atoms with Crippen LogP contribution >= 0.6 is 11.6 Å². The van der Waals surface area contributed by atoms with Crippen LogP contribution in [0.4, 0.5) is 0 Å². The van der Waals surface area contributed by atoms with Crippen LogP contribution < -0.4 is 0 Å². The van der Waals surface area contributed by atoms with Crippen molar-refractivity contribution in [1.29, 1.82) is 0 Å². The molecule has 0 radical (unpaired) electrons. The maximum atomic E-state index is 10.9. The lowest BCUT2D eigenvalue weighted by molar-refractivity contribution is 0.105. The van der Waals surface area contributed by atoms with Gasteiger partial charge in [-0.1, -0.05) is 19.3 Å². The van der Waals surface area contributed by atoms with Gasteiger partial charge in [0.15, 0.2) is 5.76 Å². The summed E-state index contributed by atoms with van der Waals surface area (Å²) in [4.78, 5) is 13.2. The smallest absolute Gasteiger partial charge is 0.287 e. The molecular weight excluding hydrogens is 238 g/mol. The molecule has 1 saturated carbocycles. The summed E-state index contributed by atoms with van der Waals surface area (Å²) >= 11 is 5.36. The number of halogens is 1. The quantitative estimate of drug-likeness (QED) is 0.773. The molecule has 1 aliphatic carbocycles. The van der Waals surface area contributed by atoms with Crippen molar-refractivity contribution >= 4 is 16.8 Å². The molecule has 4 heteroatoms. The fourth-order valence-electron chi connectivity index (χ4n) is 2.47. The van der Waals surface area contributed by atoms with Crippen LogP contribution in [-0.4, -0.2) is 23.2 Å². The predicted molar refractivity (Wildman–Crippen MR) is 67.2 cm³/mol. The van der Waals surface area contributed by atoms with E-state index in [-0.39, 0.29) is 5.76 Å². The fraction of sp³-hybridized carbons (Fsp3) is 0.615. The minimum Gasteiger partial charge on any atom is -0.455 e. The first-order valence-corrected chi connectivity index (χ1v) is 6.53. The molecule has 0 amide bonds. The van der Waals surface area contributed by atoms with Crippen molar-refractivity contribution in [3.05, 3.63) is 23.7 Å². The summed E-state index contributed by atoms with van der Waals surface area (Å²) in [6, 6.07) is 4.11. The van der Waals surface area contributed by atoms with Gasteiger partial charge >= 0.3 is 0 Å². The molecule has 1 aliphatic rings. The van der Waals surface area contributed by atoms with E-state index in [0.29, 0.717) is 6.04 Å². The third-order valence-corrected chi connectivity index (χ3v) is 3.64. The summed E-state index contributed by atoms with van der Waals surface area (Å²) in [5.74, 6) is 1.04. The number of carbonyl (C=O) groups excluding carboxylic acids is 1. The number of nitrogens with zero attached hydrogens (tertiary/aromatic N) is 1. The highest BCUT2D eigenvalue weighted by Crippen LogP contribution is 2.23. The average molecular weight is 256 g/mol. The summed E-state index contributed by atoms with van der Waals surface area (Å²) in [5, 5.41) is -0.531. The van der Waals surface area contributed by atoms with E-state index >= 15 is 0 Å². The van der Waals surface area contributed by atoms with Gasteiger partial charge in [0.2, 0.25) is 0 Å². The van der Waals surface area contributed by atoms with E-state index in [4.69, 9.17) is 16.0 Å². The molecule has 1 aromatic rings. The van der Waals surface area contributed by atoms with E-state index in [2.05, 4.69) is 11.9 Å². The summed E-state index contributed by atoms with van der Waals surface area (Å²) in [6.07, 6.45) is 6.52. The summed E-state index contributed by atoms with van der Waals surface area (Å²) in [6.45, 7) is 0.745. The van der Waals surface area contributed by atoms with Gasteiger partial charge < -0.3 is 4.42 Å². The van der Waals surface area contributed by atoms with Gasteiger partial charge in [-0.05, 0) is 43.6 Å². The lowest BCUT2D eigenvalue weighted by Gasteiger charge is -2.30. The molecule has 17 heavy (non-hydrogen) atoms. The molecule has 3 nitrogen and oxygen atoms in total. The van der Waals surface area contributed by atoms with Crippen molar-refractivity contribution in [3.63, 3.8) is 0 Å². The second-order valence-corrected chi connectivity index (χ2v) is 5.09. The Morgan fingerprint density at radius 1 is 1.41 bits per heavy atom. The van der Waals surface area contributed by atoms with Gasteiger partial charge in [-0.15, -0.1) is 0 Å². The van der Waals surface area contributed by atoms with E-state index in [0.717, 1.165) is 12.3 Å². The molecule has 0 bridgehead atoms. The Labute approximate surface area is 107 Å². The molecule has 94 valence electrons. The number of hydrogen-bond acceptors (Lipinski definition) is 3. The maximum absolute atomic E-state index is 10.9. The minimum atomic E-state index is -0.531. The highest BCUT2D eigenvalue weighted by molar-refractivity contribution is 6.67. The van der Waals surface area contributed by atoms with Crippen molar-refractivity contribution in [2.75, 3.05) is 7.05 Å². The standard InChI is InChI=1S/C13H18ClNO2/c1-15(10-5-3-2-4-6-10)9-11-7-8-12(17-11)13(14)16/h7-8,10H,2-6,9H2,1H3. The van der Waals surface area contributed by atoms with Gasteiger partial charge in [-0.2, -0.15) is 0 Å². The SMILES string of the molecule is CN(Cc1ccc(C(=O)Cl)o1)C1CCCCC1. The van der Waals surface area contributed by atoms with Gasteiger partial charge in [0.05, 0.1) is 6.54 Å². The van der Waals surface area contributed by atoms with Gasteiger partial charge in [-0.25, -0.2) is 0 Å². The Morgan fingerprint density at radius 2 is 2.12 bits per heavy atom. The van der Waals surface area contributed by atoms with Crippen LogP contribution in [0, 0.1) is 0 Å². The van der Waals surface area contributed by atoms with Crippen molar-refractivity contribution in [2.24, 2.45) is 0 Å². The zero-order valence-corrected chi connectivity index (χ0v) is 10.9. The van der Waals surface area contributed by atoms with Crippen LogP contribution in [0.1, 0.15) is 48.4 Å². The largest absolute Gasteiger partial charge is 0.455 e. The number of rotatable bonds is 4. The van der Waals surface area contributed by atoms with Crippen LogP contribution in [-0.2, 0) is 6.54 Å². The zero-order chi connectivity index (χ0) is 12.3. The monoisotopic (exact) mass is 255 g/mol. The predicted octanol–water partition coefficient (Wildman–Crippen LogP) is 3.42. The Bertz CT molecular complexity index is 383. The van der Waals surface area contributed by atoms with E-state index in [1.165, 1.54) is 32.1 Å². The van der Waals surface area contributed by atoms with Crippen molar-refractivity contribution in [1.82, 2.24) is 4.90 Å². The molecule has 0 saturated heterocycles. The molecule has 1 fully saturated rings. The number of hydrogen-bond donors (Lipinski definition) is 0. The van der Waals surface area contributed by atoms with E-state index in [9.17, 15) is 4.79 Å². The van der Waals surface area contributed by atoms with E-state index < -0.39 is 5.24 Å². The lowest BCUT2D eigenvalue weighted by atomic mass is 9.94. The first-order chi connectivity index (χ1) is 8.16. The molecule has 1 heterocycles. The molecule has 0 unspecified atom stereocenters. The molecule has 2 rings (SSSR count). The Balaban J connectivity index is 1.92. The molecular formula is C13H18ClNO2. The van der Waals surface area contributed by atoms with Crippen LogP contribution in [0.3, 0.4) is 0 Å². The van der Waals surface area contributed by atoms with Gasteiger partial charge in [0.1, 0.15) is 5.76 Å². The number of carbonyl (C=O) groups is 1. The van der Waals surface area contributed by atoms with Crippen LogP contribution in [0.2, 0.25) is 0 Å². The molecule has 0 aliphatic heterocycles. The third kappa shape index (κ3) is 3.33. The first kappa shape index (κ1) is 12.7. The van der Waals surface area contributed by atoms with Crippen molar-refractivity contribution < 1.29 is 9.21 Å². The van der Waals surface area contributed by atoms with Crippen molar-refractivity contribution in [2.45, 2.75) is 44.7 Å². The first-order valence-electron chi connectivity index (χ1n) is 6.15. The van der Waals surface area contributed by atoms with Gasteiger partial charge in [0.25, 0.3) is 5.24 Å². The topological polar surface area (TPSA) is 33.5 Å². The average Bonchev–Trinajstić information content (AvgIpc) is 2.79. The summed E-state index contributed by atoms with van der Waals surface area (Å²) < 4.78 is 5.38. The van der Waals surface area contributed by atoms with Crippen molar-refractivity contribution in [3.8, 4) is 0 Å². The molecule has 0 atom stereocenters. The Kier molecular flexibility index (Phi) is 4.24. The number of furan rings is 1. The fourth-order valence-corrected chi connectivity index (χ4v) is 2.57. The minimum absolute atomic E-state index is 0.235. The summed E-state index contributed by atoms with van der Waals surface area (Å²) in [5.41, 5.74) is 0.